The molecule has 3 heteroatoms. The average molecular weight is 215 g/mol. The van der Waals surface area contributed by atoms with E-state index in [1.54, 1.807) is 0 Å². The fraction of sp³-hybridized carbons (Fsp3) is 0.500. The van der Waals surface area contributed by atoms with E-state index < -0.39 is 0 Å². The lowest BCUT2D eigenvalue weighted by atomic mass is 10.2. The van der Waals surface area contributed by atoms with Gasteiger partial charge in [0, 0.05) is 0 Å². The van der Waals surface area contributed by atoms with Gasteiger partial charge in [0.2, 0.25) is 0 Å². The van der Waals surface area contributed by atoms with Crippen LogP contribution in [0.15, 0.2) is 16.7 Å². The van der Waals surface area contributed by atoms with Crippen LogP contribution in [0.1, 0.15) is 25.5 Å². The third kappa shape index (κ3) is 2.97. The van der Waals surface area contributed by atoms with E-state index in [-0.39, 0.29) is 0 Å². The fourth-order valence-electron chi connectivity index (χ4n) is 0.835. The number of rotatable bonds is 3. The Hall–Kier alpha value is -0.440. The van der Waals surface area contributed by atoms with Crippen molar-refractivity contribution in [2.75, 3.05) is 0 Å². The fourth-order valence-corrected chi connectivity index (χ4v) is 1.05. The second-order valence-corrected chi connectivity index (χ2v) is 3.26. The maximum absolute atomic E-state index is 4.02. The van der Waals surface area contributed by atoms with Crippen LogP contribution in [0.3, 0.4) is 0 Å². The van der Waals surface area contributed by atoms with Crippen LogP contribution in [0.5, 0.6) is 0 Å². The summed E-state index contributed by atoms with van der Waals surface area (Å²) in [5.74, 6) is 0. The molecule has 0 saturated heterocycles. The lowest BCUT2D eigenvalue weighted by Gasteiger charge is -1.95. The second kappa shape index (κ2) is 4.44. The molecule has 11 heavy (non-hydrogen) atoms. The minimum atomic E-state index is 0.803. The zero-order chi connectivity index (χ0) is 8.10. The molecule has 0 bridgehead atoms. The van der Waals surface area contributed by atoms with Crippen molar-refractivity contribution in [3.05, 3.63) is 22.4 Å². The summed E-state index contributed by atoms with van der Waals surface area (Å²) in [4.78, 5) is 0. The molecule has 1 aromatic heterocycles. The van der Waals surface area contributed by atoms with Gasteiger partial charge in [-0.15, -0.1) is 5.10 Å². The molecule has 1 aromatic rings. The predicted molar refractivity (Wildman–Crippen MR) is 48.3 cm³/mol. The minimum Gasteiger partial charge on any atom is -0.155 e. The van der Waals surface area contributed by atoms with E-state index >= 15 is 0 Å². The Morgan fingerprint density at radius 3 is 2.73 bits per heavy atom. The van der Waals surface area contributed by atoms with Gasteiger partial charge in [0.25, 0.3) is 0 Å². The Morgan fingerprint density at radius 1 is 1.36 bits per heavy atom. The molecule has 2 nitrogen and oxygen atoms in total. The average Bonchev–Trinajstić information content (AvgIpc) is 2.04. The van der Waals surface area contributed by atoms with Crippen LogP contribution < -0.4 is 0 Å². The molecule has 1 heterocycles. The predicted octanol–water partition coefficient (Wildman–Crippen LogP) is 2.58. The molecule has 60 valence electrons. The summed E-state index contributed by atoms with van der Waals surface area (Å²) in [6.45, 7) is 2.17. The highest BCUT2D eigenvalue weighted by molar-refractivity contribution is 9.10. The molecule has 0 amide bonds. The van der Waals surface area contributed by atoms with Gasteiger partial charge in [0.1, 0.15) is 4.60 Å². The Morgan fingerprint density at radius 2 is 2.18 bits per heavy atom. The molecule has 0 aliphatic carbocycles. The Balaban J connectivity index is 2.52. The highest BCUT2D eigenvalue weighted by Crippen LogP contribution is 2.05. The lowest BCUT2D eigenvalue weighted by Crippen LogP contribution is -1.91. The Kier molecular flexibility index (Phi) is 3.49. The Labute approximate surface area is 75.2 Å². The summed E-state index contributed by atoms with van der Waals surface area (Å²) in [5, 5.41) is 7.92. The summed E-state index contributed by atoms with van der Waals surface area (Å²) >= 11 is 3.24. The third-order valence-electron chi connectivity index (χ3n) is 1.47. The molecule has 0 aliphatic heterocycles. The number of aryl methyl sites for hydroxylation is 1. The number of hydrogen-bond acceptors (Lipinski definition) is 2. The Bertz CT molecular complexity index is 208. The number of unbranched alkanes of at least 4 members (excludes halogenated alkanes) is 1. The number of halogens is 1. The highest BCUT2D eigenvalue weighted by atomic mass is 79.9. The van der Waals surface area contributed by atoms with Crippen molar-refractivity contribution in [3.63, 3.8) is 0 Å². The van der Waals surface area contributed by atoms with E-state index in [2.05, 4.69) is 33.1 Å². The zero-order valence-corrected chi connectivity index (χ0v) is 8.13. The molecule has 0 aliphatic rings. The van der Waals surface area contributed by atoms with Gasteiger partial charge in [-0.3, -0.25) is 0 Å². The molecule has 0 unspecified atom stereocenters. The zero-order valence-electron chi connectivity index (χ0n) is 6.55. The molecule has 0 aromatic carbocycles. The third-order valence-corrected chi connectivity index (χ3v) is 1.90. The largest absolute Gasteiger partial charge is 0.155 e. The topological polar surface area (TPSA) is 25.8 Å². The molecule has 0 atom stereocenters. The molecule has 0 N–H and O–H groups in total. The maximum atomic E-state index is 4.02. The molecule has 1 rings (SSSR count). The minimum absolute atomic E-state index is 0.803. The van der Waals surface area contributed by atoms with Crippen LogP contribution in [0.2, 0.25) is 0 Å². The van der Waals surface area contributed by atoms with E-state index in [1.807, 2.05) is 12.1 Å². The van der Waals surface area contributed by atoms with Crippen molar-refractivity contribution in [1.82, 2.24) is 10.2 Å². The number of aromatic nitrogens is 2. The molecule has 0 spiro atoms. The van der Waals surface area contributed by atoms with Gasteiger partial charge in [-0.25, -0.2) is 0 Å². The van der Waals surface area contributed by atoms with Crippen LogP contribution >= 0.6 is 15.9 Å². The van der Waals surface area contributed by atoms with Gasteiger partial charge in [0.15, 0.2) is 0 Å². The van der Waals surface area contributed by atoms with Crippen LogP contribution in [-0.2, 0) is 6.42 Å². The second-order valence-electron chi connectivity index (χ2n) is 2.45. The SMILES string of the molecule is CCCCc1ccc(Br)nn1. The molecular formula is C8H11BrN2. The normalized spacial score (nSPS) is 10.0. The van der Waals surface area contributed by atoms with E-state index in [0.717, 1.165) is 16.7 Å². The summed E-state index contributed by atoms with van der Waals surface area (Å²) in [6, 6.07) is 3.94. The van der Waals surface area contributed by atoms with Crippen LogP contribution in [0.4, 0.5) is 0 Å². The molecule has 0 radical (unpaired) electrons. The van der Waals surface area contributed by atoms with Crippen LogP contribution in [-0.4, -0.2) is 10.2 Å². The quantitative estimate of drug-likeness (QED) is 0.774. The molecular weight excluding hydrogens is 204 g/mol. The van der Waals surface area contributed by atoms with Crippen LogP contribution in [0, 0.1) is 0 Å². The lowest BCUT2D eigenvalue weighted by molar-refractivity contribution is 0.757. The maximum Gasteiger partial charge on any atom is 0.128 e. The first-order valence-corrected chi connectivity index (χ1v) is 4.60. The van der Waals surface area contributed by atoms with Gasteiger partial charge >= 0.3 is 0 Å². The smallest absolute Gasteiger partial charge is 0.128 e. The van der Waals surface area contributed by atoms with E-state index in [4.69, 9.17) is 0 Å². The van der Waals surface area contributed by atoms with Crippen molar-refractivity contribution in [3.8, 4) is 0 Å². The van der Waals surface area contributed by atoms with Crippen molar-refractivity contribution in [2.45, 2.75) is 26.2 Å². The summed E-state index contributed by atoms with van der Waals surface area (Å²) < 4.78 is 0.803. The van der Waals surface area contributed by atoms with Crippen molar-refractivity contribution in [2.24, 2.45) is 0 Å². The first-order valence-electron chi connectivity index (χ1n) is 3.81. The molecule has 0 saturated carbocycles. The molecule has 0 fully saturated rings. The number of hydrogen-bond donors (Lipinski definition) is 0. The van der Waals surface area contributed by atoms with E-state index in [1.165, 1.54) is 12.8 Å². The van der Waals surface area contributed by atoms with Crippen molar-refractivity contribution >= 4 is 15.9 Å². The van der Waals surface area contributed by atoms with Crippen LogP contribution in [0.25, 0.3) is 0 Å². The van der Waals surface area contributed by atoms with Crippen molar-refractivity contribution in [1.29, 1.82) is 0 Å². The standard InChI is InChI=1S/C8H11BrN2/c1-2-3-4-7-5-6-8(9)11-10-7/h5-6H,2-4H2,1H3. The first kappa shape index (κ1) is 8.65. The first-order chi connectivity index (χ1) is 5.33. The van der Waals surface area contributed by atoms with E-state index in [9.17, 15) is 0 Å². The van der Waals surface area contributed by atoms with Gasteiger partial charge in [-0.1, -0.05) is 13.3 Å². The van der Waals surface area contributed by atoms with E-state index in [0.29, 0.717) is 0 Å². The van der Waals surface area contributed by atoms with Gasteiger partial charge in [-0.2, -0.15) is 5.10 Å². The van der Waals surface area contributed by atoms with Gasteiger partial charge < -0.3 is 0 Å². The van der Waals surface area contributed by atoms with Gasteiger partial charge in [0.05, 0.1) is 5.69 Å². The monoisotopic (exact) mass is 214 g/mol. The highest BCUT2D eigenvalue weighted by Gasteiger charge is 1.93. The summed E-state index contributed by atoms with van der Waals surface area (Å²) in [7, 11) is 0. The number of nitrogens with zero attached hydrogens (tertiary/aromatic N) is 2. The summed E-state index contributed by atoms with van der Waals surface area (Å²) in [6.07, 6.45) is 3.44. The summed E-state index contributed by atoms with van der Waals surface area (Å²) in [5.41, 5.74) is 1.08. The van der Waals surface area contributed by atoms with Crippen molar-refractivity contribution < 1.29 is 0 Å². The van der Waals surface area contributed by atoms with Gasteiger partial charge in [-0.05, 0) is 40.9 Å².